The number of nitrogen functional groups attached to an aromatic ring is 1. The molecule has 2 aromatic heterocycles. The van der Waals surface area contributed by atoms with Gasteiger partial charge in [0.25, 0.3) is 0 Å². The minimum atomic E-state index is 0.467. The highest BCUT2D eigenvalue weighted by molar-refractivity contribution is 5.87. The van der Waals surface area contributed by atoms with Gasteiger partial charge in [0.15, 0.2) is 5.65 Å². The number of anilines is 2. The maximum atomic E-state index is 5.71. The molecule has 0 bridgehead atoms. The zero-order chi connectivity index (χ0) is 14.1. The van der Waals surface area contributed by atoms with Gasteiger partial charge in [-0.05, 0) is 30.4 Å². The number of fused-ring (bicyclic) bond motifs is 1. The van der Waals surface area contributed by atoms with Gasteiger partial charge >= 0.3 is 0 Å². The summed E-state index contributed by atoms with van der Waals surface area (Å²) in [5.74, 6) is 2.76. The van der Waals surface area contributed by atoms with Crippen LogP contribution in [0.25, 0.3) is 11.0 Å². The van der Waals surface area contributed by atoms with E-state index in [9.17, 15) is 0 Å². The predicted octanol–water partition coefficient (Wildman–Crippen LogP) is 2.84. The average Bonchev–Trinajstić information content (AvgIpc) is 2.44. The molecule has 3 atom stereocenters. The van der Waals surface area contributed by atoms with Crippen LogP contribution in [-0.4, -0.2) is 21.0 Å². The fourth-order valence-electron chi connectivity index (χ4n) is 3.03. The highest BCUT2D eigenvalue weighted by Gasteiger charge is 2.27. The monoisotopic (exact) mass is 271 g/mol. The minimum absolute atomic E-state index is 0.467. The fraction of sp³-hybridized carbons (Fsp3) is 0.533. The van der Waals surface area contributed by atoms with Crippen LogP contribution in [0.5, 0.6) is 0 Å². The second kappa shape index (κ2) is 5.23. The summed E-state index contributed by atoms with van der Waals surface area (Å²) < 4.78 is 0. The van der Waals surface area contributed by atoms with Crippen LogP contribution in [0.3, 0.4) is 0 Å². The van der Waals surface area contributed by atoms with Crippen molar-refractivity contribution < 1.29 is 0 Å². The van der Waals surface area contributed by atoms with Gasteiger partial charge in [-0.1, -0.05) is 26.7 Å². The van der Waals surface area contributed by atoms with Crippen LogP contribution in [0.15, 0.2) is 18.5 Å². The van der Waals surface area contributed by atoms with Gasteiger partial charge in [0.1, 0.15) is 18.0 Å². The van der Waals surface area contributed by atoms with Crippen LogP contribution in [0.2, 0.25) is 0 Å². The molecule has 1 aliphatic carbocycles. The number of nitrogens with two attached hydrogens (primary N) is 1. The number of rotatable bonds is 2. The summed E-state index contributed by atoms with van der Waals surface area (Å²) in [6.07, 6.45) is 5.34. The van der Waals surface area contributed by atoms with Gasteiger partial charge in [-0.2, -0.15) is 0 Å². The number of hydrogen-bond donors (Lipinski definition) is 2. The number of aromatic nitrogens is 3. The van der Waals surface area contributed by atoms with Crippen molar-refractivity contribution in [1.82, 2.24) is 15.0 Å². The normalized spacial score (nSPS) is 26.6. The molecule has 106 valence electrons. The topological polar surface area (TPSA) is 76.7 Å². The van der Waals surface area contributed by atoms with E-state index in [4.69, 9.17) is 5.73 Å². The number of hydrogen-bond acceptors (Lipinski definition) is 5. The van der Waals surface area contributed by atoms with E-state index in [0.717, 1.165) is 17.1 Å². The van der Waals surface area contributed by atoms with Gasteiger partial charge in [-0.25, -0.2) is 15.0 Å². The molecule has 3 unspecified atom stereocenters. The number of nitrogens with zero attached hydrogens (tertiary/aromatic N) is 3. The van der Waals surface area contributed by atoms with Crippen LogP contribution in [0.4, 0.5) is 11.6 Å². The third-order valence-electron chi connectivity index (χ3n) is 4.55. The Bertz CT molecular complexity index is 612. The molecule has 3 rings (SSSR count). The summed E-state index contributed by atoms with van der Waals surface area (Å²) in [5, 5.41) is 4.53. The van der Waals surface area contributed by atoms with E-state index >= 15 is 0 Å². The molecule has 2 aromatic rings. The molecule has 0 radical (unpaired) electrons. The first kappa shape index (κ1) is 13.1. The van der Waals surface area contributed by atoms with Crippen molar-refractivity contribution in [3.05, 3.63) is 18.5 Å². The third-order valence-corrected chi connectivity index (χ3v) is 4.55. The molecule has 5 nitrogen and oxygen atoms in total. The molecule has 20 heavy (non-hydrogen) atoms. The Morgan fingerprint density at radius 2 is 2.05 bits per heavy atom. The Hall–Kier alpha value is -1.91. The quantitative estimate of drug-likeness (QED) is 0.878. The van der Waals surface area contributed by atoms with Crippen LogP contribution >= 0.6 is 0 Å². The largest absolute Gasteiger partial charge is 0.384 e. The summed E-state index contributed by atoms with van der Waals surface area (Å²) in [6.45, 7) is 4.65. The first-order valence-electron chi connectivity index (χ1n) is 7.29. The van der Waals surface area contributed by atoms with E-state index in [0.29, 0.717) is 23.4 Å². The third kappa shape index (κ3) is 2.40. The number of nitrogens with one attached hydrogen (secondary N) is 1. The van der Waals surface area contributed by atoms with Gasteiger partial charge in [-0.3, -0.25) is 0 Å². The lowest BCUT2D eigenvalue weighted by molar-refractivity contribution is 0.253. The Kier molecular flexibility index (Phi) is 3.42. The lowest BCUT2D eigenvalue weighted by Gasteiger charge is -2.35. The summed E-state index contributed by atoms with van der Waals surface area (Å²) in [7, 11) is 0. The minimum Gasteiger partial charge on any atom is -0.384 e. The van der Waals surface area contributed by atoms with Gasteiger partial charge in [0.2, 0.25) is 0 Å². The van der Waals surface area contributed by atoms with Crippen LogP contribution in [-0.2, 0) is 0 Å². The summed E-state index contributed by atoms with van der Waals surface area (Å²) in [4.78, 5) is 12.8. The lowest BCUT2D eigenvalue weighted by atomic mass is 9.78. The van der Waals surface area contributed by atoms with E-state index in [2.05, 4.69) is 34.1 Å². The Balaban J connectivity index is 1.91. The molecule has 3 N–H and O–H groups in total. The van der Waals surface area contributed by atoms with Gasteiger partial charge in [-0.15, -0.1) is 0 Å². The standard InChI is InChI=1S/C15H21N5/c1-9-4-3-5-12(10(9)2)19-14-11-6-7-13(16)20-15(11)18-8-17-14/h6-10,12H,3-5H2,1-2H3,(H3,16,17,18,19,20). The van der Waals surface area contributed by atoms with Gasteiger partial charge in [0.05, 0.1) is 5.39 Å². The van der Waals surface area contributed by atoms with E-state index < -0.39 is 0 Å². The first-order chi connectivity index (χ1) is 9.65. The molecule has 1 fully saturated rings. The fourth-order valence-corrected chi connectivity index (χ4v) is 3.03. The van der Waals surface area contributed by atoms with Gasteiger partial charge < -0.3 is 11.1 Å². The SMILES string of the molecule is CC1CCCC(Nc2ncnc3nc(N)ccc23)C1C. The van der Waals surface area contributed by atoms with E-state index in [1.54, 1.807) is 12.4 Å². The highest BCUT2D eigenvalue weighted by Crippen LogP contribution is 2.32. The highest BCUT2D eigenvalue weighted by atomic mass is 15.1. The van der Waals surface area contributed by atoms with E-state index in [1.165, 1.54) is 19.3 Å². The molecular formula is C15H21N5. The zero-order valence-corrected chi connectivity index (χ0v) is 12.0. The van der Waals surface area contributed by atoms with Crippen molar-refractivity contribution >= 4 is 22.7 Å². The molecular weight excluding hydrogens is 250 g/mol. The van der Waals surface area contributed by atoms with Crippen molar-refractivity contribution in [1.29, 1.82) is 0 Å². The molecule has 0 saturated heterocycles. The zero-order valence-electron chi connectivity index (χ0n) is 12.0. The average molecular weight is 271 g/mol. The van der Waals surface area contributed by atoms with Crippen LogP contribution < -0.4 is 11.1 Å². The van der Waals surface area contributed by atoms with Crippen molar-refractivity contribution in [2.75, 3.05) is 11.1 Å². The lowest BCUT2D eigenvalue weighted by Crippen LogP contribution is -2.35. The van der Waals surface area contributed by atoms with E-state index in [1.807, 2.05) is 6.07 Å². The summed E-state index contributed by atoms with van der Waals surface area (Å²) in [5.41, 5.74) is 6.36. The van der Waals surface area contributed by atoms with Gasteiger partial charge in [0, 0.05) is 6.04 Å². The van der Waals surface area contributed by atoms with Crippen LogP contribution in [0, 0.1) is 11.8 Å². The molecule has 1 saturated carbocycles. The Morgan fingerprint density at radius 3 is 2.90 bits per heavy atom. The van der Waals surface area contributed by atoms with E-state index in [-0.39, 0.29) is 0 Å². The van der Waals surface area contributed by atoms with Crippen molar-refractivity contribution in [3.8, 4) is 0 Å². The molecule has 1 aliphatic rings. The summed E-state index contributed by atoms with van der Waals surface area (Å²) in [6, 6.07) is 4.20. The maximum absolute atomic E-state index is 5.71. The molecule has 0 aliphatic heterocycles. The molecule has 0 amide bonds. The maximum Gasteiger partial charge on any atom is 0.166 e. The van der Waals surface area contributed by atoms with Crippen molar-refractivity contribution in [3.63, 3.8) is 0 Å². The second-order valence-electron chi connectivity index (χ2n) is 5.85. The molecule has 2 heterocycles. The first-order valence-corrected chi connectivity index (χ1v) is 7.29. The summed E-state index contributed by atoms with van der Waals surface area (Å²) >= 11 is 0. The molecule has 0 spiro atoms. The van der Waals surface area contributed by atoms with Crippen molar-refractivity contribution in [2.24, 2.45) is 11.8 Å². The Labute approximate surface area is 119 Å². The van der Waals surface area contributed by atoms with Crippen LogP contribution in [0.1, 0.15) is 33.1 Å². The second-order valence-corrected chi connectivity index (χ2v) is 5.85. The predicted molar refractivity (Wildman–Crippen MR) is 81.3 cm³/mol. The van der Waals surface area contributed by atoms with Crippen molar-refractivity contribution in [2.45, 2.75) is 39.2 Å². The number of pyridine rings is 1. The smallest absolute Gasteiger partial charge is 0.166 e. The molecule has 0 aromatic carbocycles. The molecule has 5 heteroatoms. The Morgan fingerprint density at radius 1 is 1.20 bits per heavy atom.